The van der Waals surface area contributed by atoms with Gasteiger partial charge in [0.2, 0.25) is 11.7 Å². The quantitative estimate of drug-likeness (QED) is 0.466. The third kappa shape index (κ3) is 2.64. The lowest BCUT2D eigenvalue weighted by Gasteiger charge is -2.03. The van der Waals surface area contributed by atoms with Crippen LogP contribution in [0.5, 0.6) is 0 Å². The van der Waals surface area contributed by atoms with Crippen LogP contribution < -0.4 is 11.3 Å². The molecule has 134 valence electrons. The molecule has 0 bridgehead atoms. The van der Waals surface area contributed by atoms with Gasteiger partial charge >= 0.3 is 11.3 Å². The molecule has 5 rings (SSSR count). The Labute approximate surface area is 156 Å². The standard InChI is InChI=1S/C20H10N4O4/c25-19-12-5-1-3-7-14(12)23-17(27-19)11-9-21-16(22-10-11)18-24-15-8-4-2-6-13(15)20(26)28-18/h1-10H. The van der Waals surface area contributed by atoms with Crippen LogP contribution in [0.25, 0.3) is 45.0 Å². The molecule has 0 atom stereocenters. The van der Waals surface area contributed by atoms with Gasteiger partial charge in [-0.05, 0) is 24.3 Å². The van der Waals surface area contributed by atoms with Gasteiger partial charge in [0.25, 0.3) is 5.89 Å². The molecule has 8 nitrogen and oxygen atoms in total. The number of benzene rings is 2. The Morgan fingerprint density at radius 3 is 1.75 bits per heavy atom. The van der Waals surface area contributed by atoms with Crippen molar-refractivity contribution in [3.8, 4) is 23.2 Å². The second-order valence-corrected chi connectivity index (χ2v) is 5.94. The molecule has 0 radical (unpaired) electrons. The maximum absolute atomic E-state index is 12.1. The fraction of sp³-hybridized carbons (Fsp3) is 0. The number of fused-ring (bicyclic) bond motifs is 2. The van der Waals surface area contributed by atoms with E-state index in [9.17, 15) is 9.59 Å². The van der Waals surface area contributed by atoms with Crippen LogP contribution in [0.2, 0.25) is 0 Å². The van der Waals surface area contributed by atoms with Crippen molar-refractivity contribution in [1.29, 1.82) is 0 Å². The van der Waals surface area contributed by atoms with Gasteiger partial charge < -0.3 is 8.83 Å². The summed E-state index contributed by atoms with van der Waals surface area (Å²) in [6, 6.07) is 13.7. The minimum Gasteiger partial charge on any atom is -0.403 e. The van der Waals surface area contributed by atoms with Gasteiger partial charge in [0.1, 0.15) is 0 Å². The number of aromatic nitrogens is 4. The minimum absolute atomic E-state index is 0.00294. The summed E-state index contributed by atoms with van der Waals surface area (Å²) < 4.78 is 10.5. The lowest BCUT2D eigenvalue weighted by Crippen LogP contribution is -2.05. The van der Waals surface area contributed by atoms with E-state index in [0.717, 1.165) is 0 Å². The summed E-state index contributed by atoms with van der Waals surface area (Å²) in [5, 5.41) is 0.774. The van der Waals surface area contributed by atoms with E-state index in [0.29, 0.717) is 27.4 Å². The molecular weight excluding hydrogens is 360 g/mol. The highest BCUT2D eigenvalue weighted by atomic mass is 16.4. The van der Waals surface area contributed by atoms with Gasteiger partial charge in [-0.15, -0.1) is 0 Å². The maximum atomic E-state index is 12.1. The van der Waals surface area contributed by atoms with Crippen molar-refractivity contribution in [2.24, 2.45) is 0 Å². The average molecular weight is 370 g/mol. The van der Waals surface area contributed by atoms with Crippen LogP contribution in [-0.2, 0) is 0 Å². The predicted octanol–water partition coefficient (Wildman–Crippen LogP) is 2.81. The van der Waals surface area contributed by atoms with Crippen molar-refractivity contribution < 1.29 is 8.83 Å². The van der Waals surface area contributed by atoms with E-state index in [2.05, 4.69) is 19.9 Å². The van der Waals surface area contributed by atoms with Crippen molar-refractivity contribution in [2.45, 2.75) is 0 Å². The Bertz CT molecular complexity index is 1340. The van der Waals surface area contributed by atoms with Crippen molar-refractivity contribution >= 4 is 21.8 Å². The average Bonchev–Trinajstić information content (AvgIpc) is 2.74. The molecule has 0 aliphatic carbocycles. The summed E-state index contributed by atoms with van der Waals surface area (Å²) in [5.41, 5.74) is 0.403. The van der Waals surface area contributed by atoms with Gasteiger partial charge in [-0.3, -0.25) is 0 Å². The van der Waals surface area contributed by atoms with Gasteiger partial charge in [0, 0.05) is 12.4 Å². The van der Waals surface area contributed by atoms with E-state index in [1.54, 1.807) is 48.5 Å². The fourth-order valence-corrected chi connectivity index (χ4v) is 2.81. The van der Waals surface area contributed by atoms with E-state index < -0.39 is 11.3 Å². The molecule has 0 amide bonds. The summed E-state index contributed by atoms with van der Waals surface area (Å²) in [6.07, 6.45) is 2.86. The van der Waals surface area contributed by atoms with E-state index >= 15 is 0 Å². The highest BCUT2D eigenvalue weighted by molar-refractivity contribution is 5.79. The molecule has 2 aromatic carbocycles. The molecule has 0 aliphatic rings. The van der Waals surface area contributed by atoms with Gasteiger partial charge in [-0.2, -0.15) is 0 Å². The van der Waals surface area contributed by atoms with Crippen LogP contribution in [-0.4, -0.2) is 19.9 Å². The zero-order valence-electron chi connectivity index (χ0n) is 14.2. The highest BCUT2D eigenvalue weighted by Gasteiger charge is 2.13. The second kappa shape index (κ2) is 6.20. The Hall–Kier alpha value is -4.20. The number of rotatable bonds is 2. The molecule has 0 spiro atoms. The summed E-state index contributed by atoms with van der Waals surface area (Å²) in [6.45, 7) is 0. The van der Waals surface area contributed by atoms with E-state index in [1.165, 1.54) is 12.4 Å². The third-order valence-electron chi connectivity index (χ3n) is 4.16. The normalized spacial score (nSPS) is 11.1. The maximum Gasteiger partial charge on any atom is 0.347 e. The van der Waals surface area contributed by atoms with Crippen LogP contribution >= 0.6 is 0 Å². The minimum atomic E-state index is -0.518. The summed E-state index contributed by atoms with van der Waals surface area (Å²) in [7, 11) is 0. The molecular formula is C20H10N4O4. The van der Waals surface area contributed by atoms with Crippen LogP contribution in [0.3, 0.4) is 0 Å². The van der Waals surface area contributed by atoms with Gasteiger partial charge in [0.05, 0.1) is 27.4 Å². The molecule has 0 aliphatic heterocycles. The van der Waals surface area contributed by atoms with E-state index in [1.807, 2.05) is 0 Å². The van der Waals surface area contributed by atoms with Crippen LogP contribution in [0.4, 0.5) is 0 Å². The number of hydrogen-bond donors (Lipinski definition) is 0. The smallest absolute Gasteiger partial charge is 0.347 e. The summed E-state index contributed by atoms with van der Waals surface area (Å²) in [4.78, 5) is 41.2. The number of para-hydroxylation sites is 2. The first-order valence-corrected chi connectivity index (χ1v) is 8.31. The van der Waals surface area contributed by atoms with Crippen molar-refractivity contribution in [3.63, 3.8) is 0 Å². The van der Waals surface area contributed by atoms with Crippen LogP contribution in [0.15, 0.2) is 79.3 Å². The molecule has 0 unspecified atom stereocenters. The molecule has 28 heavy (non-hydrogen) atoms. The first-order valence-electron chi connectivity index (χ1n) is 8.31. The molecule has 0 N–H and O–H groups in total. The predicted molar refractivity (Wildman–Crippen MR) is 101 cm³/mol. The van der Waals surface area contributed by atoms with E-state index in [-0.39, 0.29) is 17.6 Å². The third-order valence-corrected chi connectivity index (χ3v) is 4.16. The second-order valence-electron chi connectivity index (χ2n) is 5.94. The Kier molecular flexibility index (Phi) is 3.55. The number of nitrogens with zero attached hydrogens (tertiary/aromatic N) is 4. The molecule has 5 aromatic rings. The topological polar surface area (TPSA) is 112 Å². The first-order chi connectivity index (χ1) is 13.7. The molecule has 3 aromatic heterocycles. The molecule has 0 saturated carbocycles. The summed E-state index contributed by atoms with van der Waals surface area (Å²) >= 11 is 0. The zero-order valence-corrected chi connectivity index (χ0v) is 14.2. The van der Waals surface area contributed by atoms with Crippen molar-refractivity contribution in [1.82, 2.24) is 19.9 Å². The highest BCUT2D eigenvalue weighted by Crippen LogP contribution is 2.19. The van der Waals surface area contributed by atoms with Crippen LogP contribution in [0.1, 0.15) is 0 Å². The monoisotopic (exact) mass is 370 g/mol. The van der Waals surface area contributed by atoms with Gasteiger partial charge in [-0.1, -0.05) is 24.3 Å². The first kappa shape index (κ1) is 16.0. The van der Waals surface area contributed by atoms with Crippen molar-refractivity contribution in [3.05, 3.63) is 81.8 Å². The zero-order chi connectivity index (χ0) is 19.1. The largest absolute Gasteiger partial charge is 0.403 e. The lowest BCUT2D eigenvalue weighted by molar-refractivity contribution is 0.512. The Morgan fingerprint density at radius 2 is 1.14 bits per heavy atom. The van der Waals surface area contributed by atoms with Crippen molar-refractivity contribution in [2.75, 3.05) is 0 Å². The Balaban J connectivity index is 1.58. The SMILES string of the molecule is O=c1oc(-c2cnc(-c3nc4ccccc4c(=O)o3)nc2)nc2ccccc12. The lowest BCUT2D eigenvalue weighted by atomic mass is 10.2. The summed E-state index contributed by atoms with van der Waals surface area (Å²) in [5.74, 6) is 0.237. The van der Waals surface area contributed by atoms with Gasteiger partial charge in [-0.25, -0.2) is 29.5 Å². The molecule has 8 heteroatoms. The van der Waals surface area contributed by atoms with Crippen LogP contribution in [0, 0.1) is 0 Å². The molecule has 3 heterocycles. The Morgan fingerprint density at radius 1 is 0.643 bits per heavy atom. The van der Waals surface area contributed by atoms with Gasteiger partial charge in [0.15, 0.2) is 0 Å². The molecule has 0 saturated heterocycles. The molecule has 0 fully saturated rings. The number of hydrogen-bond acceptors (Lipinski definition) is 8. The van der Waals surface area contributed by atoms with E-state index in [4.69, 9.17) is 8.83 Å². The fourth-order valence-electron chi connectivity index (χ4n) is 2.81.